The lowest BCUT2D eigenvalue weighted by atomic mass is 9.46. The lowest BCUT2D eigenvalue weighted by Crippen LogP contribution is -2.76. The average Bonchev–Trinajstić information content (AvgIpc) is 3.42. The Hall–Kier alpha value is -1.10. The molecule has 1 aliphatic heterocycles. The number of carbonyl (C=O) groups is 1. The molecule has 4 nitrogen and oxygen atoms in total. The van der Waals surface area contributed by atoms with Crippen LogP contribution in [0.15, 0.2) is 18.2 Å². The van der Waals surface area contributed by atoms with Crippen molar-refractivity contribution in [2.24, 2.45) is 11.8 Å². The first-order chi connectivity index (χ1) is 12.5. The van der Waals surface area contributed by atoms with E-state index in [2.05, 4.69) is 17.9 Å². The van der Waals surface area contributed by atoms with Gasteiger partial charge in [0.25, 0.3) is 0 Å². The fourth-order valence-corrected chi connectivity index (χ4v) is 6.70. The van der Waals surface area contributed by atoms with Crippen molar-refractivity contribution < 1.29 is 14.6 Å². The Kier molecular flexibility index (Phi) is 4.60. The topological polar surface area (TPSA) is 49.8 Å². The highest BCUT2D eigenvalue weighted by Gasteiger charge is 2.68. The van der Waals surface area contributed by atoms with Crippen LogP contribution in [0, 0.1) is 11.8 Å². The van der Waals surface area contributed by atoms with Gasteiger partial charge in [-0.15, -0.1) is 12.4 Å². The second-order valence-corrected chi connectivity index (χ2v) is 9.15. The lowest BCUT2D eigenvalue weighted by Gasteiger charge is -2.67. The summed E-state index contributed by atoms with van der Waals surface area (Å²) in [5, 5.41) is 10.2. The maximum Gasteiger partial charge on any atom is 0.134 e. The molecule has 4 atom stereocenters. The summed E-state index contributed by atoms with van der Waals surface area (Å²) in [7, 11) is 1.85. The van der Waals surface area contributed by atoms with Gasteiger partial charge in [0.2, 0.25) is 0 Å². The maximum atomic E-state index is 12.7. The Morgan fingerprint density at radius 2 is 2.07 bits per heavy atom. The van der Waals surface area contributed by atoms with Crippen LogP contribution in [0.4, 0.5) is 0 Å². The molecule has 0 aromatic heterocycles. The molecule has 0 amide bonds. The number of piperidine rings is 1. The molecular formula is C22H30ClNO3. The van der Waals surface area contributed by atoms with Crippen LogP contribution in [0.5, 0.6) is 5.75 Å². The van der Waals surface area contributed by atoms with Gasteiger partial charge in [0.1, 0.15) is 11.5 Å². The Balaban J connectivity index is 0.00000180. The van der Waals surface area contributed by atoms with Gasteiger partial charge in [-0.25, -0.2) is 0 Å². The first kappa shape index (κ1) is 19.2. The van der Waals surface area contributed by atoms with Gasteiger partial charge in [-0.2, -0.15) is 0 Å². The van der Waals surface area contributed by atoms with E-state index in [9.17, 15) is 9.90 Å². The molecule has 1 aromatic carbocycles. The van der Waals surface area contributed by atoms with Crippen molar-refractivity contribution >= 4 is 18.2 Å². The van der Waals surface area contributed by atoms with Crippen molar-refractivity contribution in [1.29, 1.82) is 0 Å². The van der Waals surface area contributed by atoms with E-state index in [1.165, 1.54) is 30.5 Å². The van der Waals surface area contributed by atoms with E-state index < -0.39 is 0 Å². The number of benzene rings is 1. The number of Topliss-reactive ketones (excluding diaryl/α,β-unsaturated/α-hetero) is 1. The summed E-state index contributed by atoms with van der Waals surface area (Å²) in [6, 6.07) is 6.11. The third-order valence-electron chi connectivity index (χ3n) is 7.82. The van der Waals surface area contributed by atoms with E-state index in [-0.39, 0.29) is 29.3 Å². The standard InChI is InChI=1S/C22H29NO3.ClH/c1-14-9-18(25)12-21-7-8-23(13-15-3-4-15)20(22(14,21)26-2)10-16-5-6-17(24)11-19(16)21;/h5-6,11,14-15,20,24H,3-4,7-10,12-13H2,1-2H3;1H/t14?,20-,21-,22-;/m1./s1. The number of rotatable bonds is 3. The van der Waals surface area contributed by atoms with Crippen molar-refractivity contribution in [2.75, 3.05) is 20.2 Å². The van der Waals surface area contributed by atoms with Crippen LogP contribution >= 0.6 is 12.4 Å². The number of likely N-dealkylation sites (tertiary alicyclic amines) is 1. The highest BCUT2D eigenvalue weighted by atomic mass is 35.5. The van der Waals surface area contributed by atoms with Gasteiger partial charge >= 0.3 is 0 Å². The van der Waals surface area contributed by atoms with Crippen LogP contribution in [-0.2, 0) is 21.4 Å². The van der Waals surface area contributed by atoms with E-state index in [0.717, 1.165) is 25.3 Å². The number of phenols is 1. The number of ether oxygens (including phenoxy) is 1. The quantitative estimate of drug-likeness (QED) is 0.857. The van der Waals surface area contributed by atoms with Crippen molar-refractivity contribution in [1.82, 2.24) is 4.90 Å². The molecule has 148 valence electrons. The Bertz CT molecular complexity index is 764. The molecule has 1 aromatic rings. The number of hydrogen-bond acceptors (Lipinski definition) is 4. The zero-order valence-corrected chi connectivity index (χ0v) is 17.1. The Morgan fingerprint density at radius 3 is 2.78 bits per heavy atom. The van der Waals surface area contributed by atoms with Gasteiger partial charge in [-0.05, 0) is 67.3 Å². The molecule has 1 heterocycles. The highest BCUT2D eigenvalue weighted by molar-refractivity contribution is 5.85. The summed E-state index contributed by atoms with van der Waals surface area (Å²) in [5.41, 5.74) is 1.83. The van der Waals surface area contributed by atoms with Crippen LogP contribution in [0.3, 0.4) is 0 Å². The van der Waals surface area contributed by atoms with Crippen LogP contribution in [-0.4, -0.2) is 47.6 Å². The number of fused-ring (bicyclic) bond motifs is 1. The SMILES string of the molecule is CO[C@@]12C(C)CC(=O)C[C@@]13CCN(CC1CC1)[C@@H]2Cc1ccc(O)cc13.Cl. The van der Waals surface area contributed by atoms with Crippen LogP contribution in [0.25, 0.3) is 0 Å². The number of hydrogen-bond donors (Lipinski definition) is 1. The third kappa shape index (κ3) is 2.53. The van der Waals surface area contributed by atoms with Crippen molar-refractivity contribution in [2.45, 2.75) is 62.5 Å². The van der Waals surface area contributed by atoms with Gasteiger partial charge < -0.3 is 9.84 Å². The first-order valence-electron chi connectivity index (χ1n) is 10.1. The second kappa shape index (κ2) is 6.47. The number of phenolic OH excluding ortho intramolecular Hbond substituents is 1. The fraction of sp³-hybridized carbons (Fsp3) is 0.682. The van der Waals surface area contributed by atoms with E-state index >= 15 is 0 Å². The lowest BCUT2D eigenvalue weighted by molar-refractivity contribution is -0.210. The smallest absolute Gasteiger partial charge is 0.134 e. The third-order valence-corrected chi connectivity index (χ3v) is 7.82. The molecule has 0 radical (unpaired) electrons. The van der Waals surface area contributed by atoms with Gasteiger partial charge in [0, 0.05) is 38.0 Å². The summed E-state index contributed by atoms with van der Waals surface area (Å²) in [5.74, 6) is 1.68. The molecule has 5 heteroatoms. The van der Waals surface area contributed by atoms with Gasteiger partial charge in [0.05, 0.1) is 5.60 Å². The summed E-state index contributed by atoms with van der Waals surface area (Å²) in [6.45, 7) is 4.40. The van der Waals surface area contributed by atoms with E-state index in [0.29, 0.717) is 30.4 Å². The molecule has 27 heavy (non-hydrogen) atoms. The van der Waals surface area contributed by atoms with E-state index in [4.69, 9.17) is 4.74 Å². The van der Waals surface area contributed by atoms with Gasteiger partial charge in [-0.3, -0.25) is 9.69 Å². The normalized spacial score (nSPS) is 37.9. The first-order valence-corrected chi connectivity index (χ1v) is 10.1. The number of nitrogens with zero attached hydrogens (tertiary/aromatic N) is 1. The second-order valence-electron chi connectivity index (χ2n) is 9.15. The zero-order chi connectivity index (χ0) is 18.1. The number of methoxy groups -OCH3 is 1. The largest absolute Gasteiger partial charge is 0.508 e. The molecule has 3 fully saturated rings. The van der Waals surface area contributed by atoms with Gasteiger partial charge in [-0.1, -0.05) is 13.0 Å². The predicted molar refractivity (Wildman–Crippen MR) is 107 cm³/mol. The number of carbonyl (C=O) groups excluding carboxylic acids is 1. The van der Waals surface area contributed by atoms with Gasteiger partial charge in [0.15, 0.2) is 0 Å². The Labute approximate surface area is 167 Å². The van der Waals surface area contributed by atoms with Crippen molar-refractivity contribution in [3.63, 3.8) is 0 Å². The predicted octanol–water partition coefficient (Wildman–Crippen LogP) is 3.48. The molecule has 1 saturated heterocycles. The molecule has 2 bridgehead atoms. The van der Waals surface area contributed by atoms with Crippen molar-refractivity contribution in [3.05, 3.63) is 29.3 Å². The maximum absolute atomic E-state index is 12.7. The average molecular weight is 392 g/mol. The Morgan fingerprint density at radius 1 is 1.30 bits per heavy atom. The van der Waals surface area contributed by atoms with Crippen LogP contribution in [0.1, 0.15) is 50.2 Å². The minimum atomic E-state index is -0.338. The number of halogens is 1. The van der Waals surface area contributed by atoms with Crippen LogP contribution < -0.4 is 0 Å². The molecule has 5 rings (SSSR count). The highest BCUT2D eigenvalue weighted by Crippen LogP contribution is 2.61. The minimum Gasteiger partial charge on any atom is -0.508 e. The zero-order valence-electron chi connectivity index (χ0n) is 16.2. The van der Waals surface area contributed by atoms with Crippen LogP contribution in [0.2, 0.25) is 0 Å². The fourth-order valence-electron chi connectivity index (χ4n) is 6.70. The minimum absolute atomic E-state index is 0. The summed E-state index contributed by atoms with van der Waals surface area (Å²) >= 11 is 0. The molecule has 1 N–H and O–H groups in total. The monoisotopic (exact) mass is 391 g/mol. The molecule has 0 spiro atoms. The molecular weight excluding hydrogens is 362 g/mol. The molecule has 4 aliphatic rings. The van der Waals surface area contributed by atoms with E-state index in [1.807, 2.05) is 13.2 Å². The molecule has 3 aliphatic carbocycles. The molecule has 1 unspecified atom stereocenters. The number of aromatic hydroxyl groups is 1. The molecule has 2 saturated carbocycles. The summed E-state index contributed by atoms with van der Waals surface area (Å²) in [4.78, 5) is 15.4. The number of ketones is 1. The summed E-state index contributed by atoms with van der Waals surface area (Å²) < 4.78 is 6.45. The summed E-state index contributed by atoms with van der Waals surface area (Å²) in [6.07, 6.45) is 5.76. The van der Waals surface area contributed by atoms with E-state index in [1.54, 1.807) is 6.07 Å². The van der Waals surface area contributed by atoms with Crippen molar-refractivity contribution in [3.8, 4) is 5.75 Å².